The van der Waals surface area contributed by atoms with Gasteiger partial charge in [-0.25, -0.2) is 4.98 Å². The number of aliphatic hydroxyl groups is 1. The third-order valence-electron chi connectivity index (χ3n) is 3.53. The fraction of sp³-hybridized carbons (Fsp3) is 0.467. The monoisotopic (exact) mass is 306 g/mol. The molecule has 4 N–H and O–H groups in total. The van der Waals surface area contributed by atoms with Gasteiger partial charge in [0.1, 0.15) is 5.82 Å². The molecule has 120 valence electrons. The molecule has 7 nitrogen and oxygen atoms in total. The van der Waals surface area contributed by atoms with Crippen LogP contribution >= 0.6 is 0 Å². The number of aromatic nitrogens is 2. The largest absolute Gasteiger partial charge is 0.493 e. The van der Waals surface area contributed by atoms with E-state index < -0.39 is 0 Å². The van der Waals surface area contributed by atoms with E-state index in [-0.39, 0.29) is 12.6 Å². The fourth-order valence-electron chi connectivity index (χ4n) is 2.26. The predicted molar refractivity (Wildman–Crippen MR) is 86.5 cm³/mol. The van der Waals surface area contributed by atoms with Gasteiger partial charge >= 0.3 is 0 Å². The molecule has 22 heavy (non-hydrogen) atoms. The van der Waals surface area contributed by atoms with Crippen LogP contribution in [0, 0.1) is 0 Å². The number of anilines is 2. The molecule has 0 aliphatic heterocycles. The molecule has 1 atom stereocenters. The number of nitrogen functional groups attached to an aromatic ring is 1. The van der Waals surface area contributed by atoms with Crippen LogP contribution in [0.25, 0.3) is 10.9 Å². The van der Waals surface area contributed by atoms with Crippen molar-refractivity contribution in [1.82, 2.24) is 9.97 Å². The molecule has 2 aromatic rings. The molecule has 1 aromatic heterocycles. The summed E-state index contributed by atoms with van der Waals surface area (Å²) in [6.45, 7) is 2.14. The second kappa shape index (κ2) is 7.13. The van der Waals surface area contributed by atoms with Crippen molar-refractivity contribution in [3.05, 3.63) is 12.1 Å². The van der Waals surface area contributed by atoms with Crippen LogP contribution in [-0.4, -0.2) is 41.9 Å². The van der Waals surface area contributed by atoms with Crippen LogP contribution in [0.15, 0.2) is 12.1 Å². The third kappa shape index (κ3) is 3.30. The van der Waals surface area contributed by atoms with E-state index in [2.05, 4.69) is 15.3 Å². The summed E-state index contributed by atoms with van der Waals surface area (Å²) in [5.41, 5.74) is 6.70. The number of aliphatic hydroxyl groups excluding tert-OH is 1. The Labute approximate surface area is 129 Å². The number of methoxy groups -OCH3 is 2. The quantitative estimate of drug-likeness (QED) is 0.716. The highest BCUT2D eigenvalue weighted by Gasteiger charge is 2.13. The smallest absolute Gasteiger partial charge is 0.225 e. The number of rotatable bonds is 7. The summed E-state index contributed by atoms with van der Waals surface area (Å²) in [7, 11) is 3.14. The highest BCUT2D eigenvalue weighted by Crippen LogP contribution is 2.33. The molecule has 2 rings (SSSR count). The Bertz CT molecular complexity index is 648. The second-order valence-electron chi connectivity index (χ2n) is 4.92. The van der Waals surface area contributed by atoms with Crippen LogP contribution in [0.5, 0.6) is 11.5 Å². The Kier molecular flexibility index (Phi) is 5.21. The van der Waals surface area contributed by atoms with Gasteiger partial charge in [0.15, 0.2) is 11.5 Å². The summed E-state index contributed by atoms with van der Waals surface area (Å²) in [5.74, 6) is 1.98. The predicted octanol–water partition coefficient (Wildman–Crippen LogP) is 1.80. The van der Waals surface area contributed by atoms with Gasteiger partial charge in [-0.15, -0.1) is 0 Å². The first-order chi connectivity index (χ1) is 10.6. The summed E-state index contributed by atoms with van der Waals surface area (Å²) < 4.78 is 10.5. The third-order valence-corrected chi connectivity index (χ3v) is 3.53. The number of hydrogen-bond donors (Lipinski definition) is 3. The van der Waals surface area contributed by atoms with E-state index in [0.717, 1.165) is 6.42 Å². The Morgan fingerprint density at radius 1 is 1.23 bits per heavy atom. The van der Waals surface area contributed by atoms with Crippen molar-refractivity contribution in [3.63, 3.8) is 0 Å². The first-order valence-electron chi connectivity index (χ1n) is 7.19. The fourth-order valence-corrected chi connectivity index (χ4v) is 2.26. The van der Waals surface area contributed by atoms with Gasteiger partial charge in [0.25, 0.3) is 0 Å². The van der Waals surface area contributed by atoms with E-state index in [1.54, 1.807) is 26.4 Å². The number of benzene rings is 1. The van der Waals surface area contributed by atoms with E-state index in [9.17, 15) is 0 Å². The van der Waals surface area contributed by atoms with Crippen LogP contribution in [0.2, 0.25) is 0 Å². The van der Waals surface area contributed by atoms with Crippen LogP contribution in [-0.2, 0) is 0 Å². The van der Waals surface area contributed by atoms with Gasteiger partial charge < -0.3 is 25.6 Å². The van der Waals surface area contributed by atoms with Crippen molar-refractivity contribution in [1.29, 1.82) is 0 Å². The van der Waals surface area contributed by atoms with Crippen molar-refractivity contribution in [2.45, 2.75) is 25.8 Å². The number of nitrogens with one attached hydrogen (secondary N) is 1. The number of nitrogens with zero attached hydrogens (tertiary/aromatic N) is 2. The minimum absolute atomic E-state index is 0.0991. The van der Waals surface area contributed by atoms with Crippen molar-refractivity contribution < 1.29 is 14.6 Å². The standard InChI is InChI=1S/C15H22N4O3/c1-4-9(5-6-20)17-15-18-11-8-13(22-3)12(21-2)7-10(11)14(16)19-15/h7-9,20H,4-6H2,1-3H3,(H3,16,17,18,19). The molecule has 1 unspecified atom stereocenters. The van der Waals surface area contributed by atoms with Crippen molar-refractivity contribution in [2.24, 2.45) is 0 Å². The molecule has 0 bridgehead atoms. The van der Waals surface area contributed by atoms with Gasteiger partial charge in [-0.05, 0) is 18.9 Å². The molecule has 0 spiro atoms. The van der Waals surface area contributed by atoms with E-state index in [4.69, 9.17) is 20.3 Å². The molecule has 0 saturated carbocycles. The zero-order valence-corrected chi connectivity index (χ0v) is 13.1. The average molecular weight is 306 g/mol. The first-order valence-corrected chi connectivity index (χ1v) is 7.19. The lowest BCUT2D eigenvalue weighted by molar-refractivity contribution is 0.278. The van der Waals surface area contributed by atoms with E-state index in [1.807, 2.05) is 6.92 Å². The number of ether oxygens (including phenoxy) is 2. The Morgan fingerprint density at radius 2 is 1.91 bits per heavy atom. The summed E-state index contributed by atoms with van der Waals surface area (Å²) in [4.78, 5) is 8.75. The lowest BCUT2D eigenvalue weighted by Crippen LogP contribution is -2.21. The maximum atomic E-state index is 9.06. The first kappa shape index (κ1) is 16.1. The highest BCUT2D eigenvalue weighted by atomic mass is 16.5. The van der Waals surface area contributed by atoms with Gasteiger partial charge in [-0.1, -0.05) is 6.92 Å². The summed E-state index contributed by atoms with van der Waals surface area (Å²) in [6, 6.07) is 3.63. The molecule has 0 fully saturated rings. The molecule has 0 aliphatic carbocycles. The van der Waals surface area contributed by atoms with Crippen LogP contribution in [0.3, 0.4) is 0 Å². The summed E-state index contributed by atoms with van der Waals surface area (Å²) in [6.07, 6.45) is 1.48. The zero-order valence-electron chi connectivity index (χ0n) is 13.1. The van der Waals surface area contributed by atoms with Crippen LogP contribution < -0.4 is 20.5 Å². The number of nitrogens with two attached hydrogens (primary N) is 1. The lowest BCUT2D eigenvalue weighted by atomic mass is 10.1. The Balaban J connectivity index is 2.43. The van der Waals surface area contributed by atoms with E-state index in [1.165, 1.54) is 0 Å². The molecule has 0 saturated heterocycles. The summed E-state index contributed by atoms with van der Waals surface area (Å²) >= 11 is 0. The van der Waals surface area contributed by atoms with Gasteiger partial charge in [0, 0.05) is 24.1 Å². The summed E-state index contributed by atoms with van der Waals surface area (Å²) in [5, 5.41) is 13.0. The van der Waals surface area contributed by atoms with Crippen LogP contribution in [0.1, 0.15) is 19.8 Å². The SMILES string of the molecule is CCC(CCO)Nc1nc(N)c2cc(OC)c(OC)cc2n1. The Hall–Kier alpha value is -2.28. The average Bonchev–Trinajstić information content (AvgIpc) is 2.53. The number of fused-ring (bicyclic) bond motifs is 1. The highest BCUT2D eigenvalue weighted by molar-refractivity contribution is 5.91. The van der Waals surface area contributed by atoms with Crippen LogP contribution in [0.4, 0.5) is 11.8 Å². The maximum absolute atomic E-state index is 9.06. The molecule has 0 radical (unpaired) electrons. The van der Waals surface area contributed by atoms with E-state index in [0.29, 0.717) is 40.6 Å². The molecule has 1 heterocycles. The lowest BCUT2D eigenvalue weighted by Gasteiger charge is -2.17. The van der Waals surface area contributed by atoms with Gasteiger partial charge in [0.05, 0.1) is 19.7 Å². The van der Waals surface area contributed by atoms with Crippen molar-refractivity contribution in [3.8, 4) is 11.5 Å². The Morgan fingerprint density at radius 3 is 2.50 bits per heavy atom. The molecular weight excluding hydrogens is 284 g/mol. The second-order valence-corrected chi connectivity index (χ2v) is 4.92. The van der Waals surface area contributed by atoms with Crippen molar-refractivity contribution >= 4 is 22.7 Å². The minimum Gasteiger partial charge on any atom is -0.493 e. The minimum atomic E-state index is 0.0991. The number of hydrogen-bond acceptors (Lipinski definition) is 7. The van der Waals surface area contributed by atoms with E-state index >= 15 is 0 Å². The molecule has 1 aromatic carbocycles. The molecule has 0 amide bonds. The normalized spacial score (nSPS) is 12.2. The van der Waals surface area contributed by atoms with Gasteiger partial charge in [0.2, 0.25) is 5.95 Å². The molecule has 0 aliphatic rings. The maximum Gasteiger partial charge on any atom is 0.225 e. The zero-order chi connectivity index (χ0) is 16.1. The van der Waals surface area contributed by atoms with Gasteiger partial charge in [-0.3, -0.25) is 0 Å². The topological polar surface area (TPSA) is 103 Å². The molecular formula is C15H22N4O3. The molecule has 7 heteroatoms. The van der Waals surface area contributed by atoms with Gasteiger partial charge in [-0.2, -0.15) is 4.98 Å². The van der Waals surface area contributed by atoms with Crippen molar-refractivity contribution in [2.75, 3.05) is 31.9 Å².